The highest BCUT2D eigenvalue weighted by atomic mass is 16.6. The molecule has 9 heteroatoms. The first-order valence-electron chi connectivity index (χ1n) is 18.7. The zero-order chi connectivity index (χ0) is 33.4. The molecular weight excluding hydrogens is 596 g/mol. The maximum Gasteiger partial charge on any atom is 0.407 e. The minimum absolute atomic E-state index is 0.107. The number of amides is 2. The van der Waals surface area contributed by atoms with E-state index in [-0.39, 0.29) is 36.3 Å². The molecule has 0 heterocycles. The summed E-state index contributed by atoms with van der Waals surface area (Å²) in [6.07, 6.45) is 21.0. The second-order valence-corrected chi connectivity index (χ2v) is 15.0. The summed E-state index contributed by atoms with van der Waals surface area (Å²) in [5, 5.41) is 6.25. The Hall–Kier alpha value is -2.55. The van der Waals surface area contributed by atoms with Crippen LogP contribution in [0.4, 0.5) is 9.59 Å². The van der Waals surface area contributed by atoms with E-state index < -0.39 is 0 Å². The van der Waals surface area contributed by atoms with Crippen molar-refractivity contribution in [3.63, 3.8) is 0 Å². The van der Waals surface area contributed by atoms with Crippen LogP contribution >= 0.6 is 0 Å². The minimum atomic E-state index is -0.363. The fraction of sp³-hybridized carbons (Fsp3) is 0.816. The van der Waals surface area contributed by atoms with Crippen LogP contribution < -0.4 is 10.6 Å². The van der Waals surface area contributed by atoms with Crippen molar-refractivity contribution >= 4 is 18.2 Å². The molecule has 0 aromatic heterocycles. The van der Waals surface area contributed by atoms with Gasteiger partial charge in [-0.1, -0.05) is 12.7 Å². The molecule has 0 bridgehead atoms. The maximum absolute atomic E-state index is 12.5. The summed E-state index contributed by atoms with van der Waals surface area (Å²) in [7, 11) is 0. The van der Waals surface area contributed by atoms with E-state index in [0.717, 1.165) is 121 Å². The van der Waals surface area contributed by atoms with E-state index in [1.165, 1.54) is 12.5 Å². The Labute approximate surface area is 283 Å². The molecule has 4 aliphatic rings. The molecule has 0 aliphatic heterocycles. The Morgan fingerprint density at radius 1 is 0.574 bits per heavy atom. The van der Waals surface area contributed by atoms with Crippen LogP contribution in [0.3, 0.4) is 0 Å². The molecule has 2 N–H and O–H groups in total. The van der Waals surface area contributed by atoms with Gasteiger partial charge in [-0.25, -0.2) is 14.4 Å². The molecule has 0 aromatic rings. The lowest BCUT2D eigenvalue weighted by atomic mass is 9.76. The van der Waals surface area contributed by atoms with Gasteiger partial charge in [-0.05, 0) is 152 Å². The van der Waals surface area contributed by atoms with Crippen LogP contribution in [0.2, 0.25) is 0 Å². The Kier molecular flexibility index (Phi) is 15.9. The van der Waals surface area contributed by atoms with Crippen molar-refractivity contribution < 1.29 is 33.3 Å². The van der Waals surface area contributed by atoms with Gasteiger partial charge < -0.3 is 29.6 Å². The van der Waals surface area contributed by atoms with Gasteiger partial charge in [0.05, 0.1) is 32.5 Å². The highest BCUT2D eigenvalue weighted by Crippen LogP contribution is 2.36. The molecule has 0 spiro atoms. The summed E-state index contributed by atoms with van der Waals surface area (Å²) in [5.74, 6) is 2.91. The van der Waals surface area contributed by atoms with Gasteiger partial charge in [0, 0.05) is 18.2 Å². The summed E-state index contributed by atoms with van der Waals surface area (Å²) in [6.45, 7) is 11.5. The van der Waals surface area contributed by atoms with Gasteiger partial charge in [0.2, 0.25) is 0 Å². The predicted molar refractivity (Wildman–Crippen MR) is 183 cm³/mol. The number of alkyl carbamates (subject to hydrolysis) is 2. The predicted octanol–water partition coefficient (Wildman–Crippen LogP) is 7.88. The zero-order valence-electron chi connectivity index (χ0n) is 29.0. The number of esters is 1. The number of hydrogen-bond donors (Lipinski definition) is 2. The number of carbonyl (C=O) groups is 3. The van der Waals surface area contributed by atoms with Crippen molar-refractivity contribution in [2.75, 3.05) is 26.4 Å². The quantitative estimate of drug-likeness (QED) is 0.0797. The van der Waals surface area contributed by atoms with Gasteiger partial charge in [-0.3, -0.25) is 0 Å². The molecule has 4 fully saturated rings. The lowest BCUT2D eigenvalue weighted by Crippen LogP contribution is -2.40. The summed E-state index contributed by atoms with van der Waals surface area (Å²) in [5.41, 5.74) is 0. The number of carbonyl (C=O) groups excluding carboxylic acids is 3. The lowest BCUT2D eigenvalue weighted by molar-refractivity contribution is -0.139. The first-order valence-corrected chi connectivity index (χ1v) is 18.7. The molecule has 4 rings (SSSR count). The Bertz CT molecular complexity index is 973. The van der Waals surface area contributed by atoms with Crippen molar-refractivity contribution in [2.45, 2.75) is 134 Å². The fourth-order valence-electron chi connectivity index (χ4n) is 8.10. The van der Waals surface area contributed by atoms with Crippen LogP contribution in [-0.2, 0) is 23.7 Å². The molecule has 4 aliphatic carbocycles. The Morgan fingerprint density at radius 3 is 1.32 bits per heavy atom. The third kappa shape index (κ3) is 13.8. The van der Waals surface area contributed by atoms with E-state index in [0.29, 0.717) is 43.5 Å². The molecule has 1 unspecified atom stereocenters. The Morgan fingerprint density at radius 2 is 0.936 bits per heavy atom. The number of ether oxygens (including phenoxy) is 4. The molecule has 266 valence electrons. The second-order valence-electron chi connectivity index (χ2n) is 15.0. The molecule has 0 saturated heterocycles. The average Bonchev–Trinajstić information content (AvgIpc) is 3.10. The molecular formula is C38H62N2O7. The SMILES string of the molecule is C=CC(=O)OCC1CCC(COC(=O)NC2CCC(CC3CCC(NC(=O)OCC4CCC(COC(C)C=C)CC4)CC3)CC2)CC1. The first kappa shape index (κ1) is 37.3. The summed E-state index contributed by atoms with van der Waals surface area (Å²) < 4.78 is 22.2. The third-order valence-electron chi connectivity index (χ3n) is 11.4. The molecule has 9 nitrogen and oxygen atoms in total. The van der Waals surface area contributed by atoms with E-state index in [4.69, 9.17) is 18.9 Å². The van der Waals surface area contributed by atoms with Crippen LogP contribution in [-0.4, -0.2) is 62.8 Å². The third-order valence-corrected chi connectivity index (χ3v) is 11.4. The van der Waals surface area contributed by atoms with E-state index in [1.54, 1.807) is 0 Å². The lowest BCUT2D eigenvalue weighted by Gasteiger charge is -2.34. The highest BCUT2D eigenvalue weighted by Gasteiger charge is 2.30. The van der Waals surface area contributed by atoms with Crippen molar-refractivity contribution in [3.05, 3.63) is 25.3 Å². The van der Waals surface area contributed by atoms with Crippen LogP contribution in [0.15, 0.2) is 25.3 Å². The first-order chi connectivity index (χ1) is 22.8. The van der Waals surface area contributed by atoms with Gasteiger partial charge in [-0.2, -0.15) is 0 Å². The maximum atomic E-state index is 12.5. The Balaban J connectivity index is 0.988. The highest BCUT2D eigenvalue weighted by molar-refractivity contribution is 5.81. The van der Waals surface area contributed by atoms with E-state index in [2.05, 4.69) is 23.8 Å². The van der Waals surface area contributed by atoms with Gasteiger partial charge in [0.25, 0.3) is 0 Å². The van der Waals surface area contributed by atoms with Gasteiger partial charge in [0.15, 0.2) is 0 Å². The fourth-order valence-corrected chi connectivity index (χ4v) is 8.10. The van der Waals surface area contributed by atoms with Crippen molar-refractivity contribution in [3.8, 4) is 0 Å². The second kappa shape index (κ2) is 20.1. The van der Waals surface area contributed by atoms with E-state index in [9.17, 15) is 14.4 Å². The largest absolute Gasteiger partial charge is 0.462 e. The van der Waals surface area contributed by atoms with Crippen molar-refractivity contribution in [1.82, 2.24) is 10.6 Å². The van der Waals surface area contributed by atoms with Crippen LogP contribution in [0, 0.1) is 35.5 Å². The van der Waals surface area contributed by atoms with Gasteiger partial charge in [0.1, 0.15) is 0 Å². The summed E-state index contributed by atoms with van der Waals surface area (Å²) in [6, 6.07) is 0.427. The number of hydrogen-bond acceptors (Lipinski definition) is 7. The van der Waals surface area contributed by atoms with E-state index >= 15 is 0 Å². The average molecular weight is 659 g/mol. The van der Waals surface area contributed by atoms with Gasteiger partial charge >= 0.3 is 18.2 Å². The zero-order valence-corrected chi connectivity index (χ0v) is 29.0. The number of nitrogens with one attached hydrogen (secondary N) is 2. The van der Waals surface area contributed by atoms with Crippen LogP contribution in [0.25, 0.3) is 0 Å². The van der Waals surface area contributed by atoms with Crippen LogP contribution in [0.1, 0.15) is 116 Å². The normalized spacial score (nSPS) is 31.9. The van der Waals surface area contributed by atoms with Crippen molar-refractivity contribution in [2.24, 2.45) is 35.5 Å². The monoisotopic (exact) mass is 658 g/mol. The topological polar surface area (TPSA) is 112 Å². The molecule has 47 heavy (non-hydrogen) atoms. The minimum Gasteiger partial charge on any atom is -0.462 e. The number of rotatable bonds is 15. The molecule has 1 atom stereocenters. The molecule has 2 amide bonds. The smallest absolute Gasteiger partial charge is 0.407 e. The van der Waals surface area contributed by atoms with E-state index in [1.807, 2.05) is 13.0 Å². The standard InChI is InChI=1S/C38H62N2O7/c1-4-27(3)44-23-30-6-10-32(11-7-30)25-46-37(42)39-34-18-14-28(15-19-34)22-29-16-20-35(21-17-29)40-38(43)47-26-33-12-8-31(9-13-33)24-45-36(41)5-2/h4-5,27-35H,1-2,6-26H2,3H3,(H,39,42)(H,40,43). The molecule has 0 aromatic carbocycles. The van der Waals surface area contributed by atoms with Gasteiger partial charge in [-0.15, -0.1) is 6.58 Å². The van der Waals surface area contributed by atoms with Crippen LogP contribution in [0.5, 0.6) is 0 Å². The van der Waals surface area contributed by atoms with Crippen molar-refractivity contribution in [1.29, 1.82) is 0 Å². The summed E-state index contributed by atoms with van der Waals surface area (Å²) in [4.78, 5) is 36.2. The molecule has 0 radical (unpaired) electrons. The summed E-state index contributed by atoms with van der Waals surface area (Å²) >= 11 is 0. The molecule has 4 saturated carbocycles.